The van der Waals surface area contributed by atoms with E-state index in [1.165, 1.54) is 6.39 Å². The molecule has 0 unspecified atom stereocenters. The topological polar surface area (TPSA) is 47.3 Å². The fourth-order valence-electron chi connectivity index (χ4n) is 0.954. The summed E-state index contributed by atoms with van der Waals surface area (Å²) in [5.74, 6) is 0.844. The van der Waals surface area contributed by atoms with Crippen molar-refractivity contribution < 1.29 is 9.15 Å². The molecule has 0 bridgehead atoms. The molecule has 4 nitrogen and oxygen atoms in total. The first-order chi connectivity index (χ1) is 6.93. The van der Waals surface area contributed by atoms with Crippen molar-refractivity contribution in [2.75, 3.05) is 19.8 Å². The Morgan fingerprint density at radius 3 is 3.21 bits per heavy atom. The largest absolute Gasteiger partial charge is 0.447 e. The number of aromatic nitrogens is 1. The molecular formula is C10H16N2O2. The molecule has 0 radical (unpaired) electrons. The Hall–Kier alpha value is -1.13. The molecule has 78 valence electrons. The van der Waals surface area contributed by atoms with Crippen LogP contribution in [0, 0.1) is 0 Å². The van der Waals surface area contributed by atoms with Gasteiger partial charge in [0, 0.05) is 6.54 Å². The van der Waals surface area contributed by atoms with Crippen LogP contribution >= 0.6 is 0 Å². The molecule has 4 heteroatoms. The summed E-state index contributed by atoms with van der Waals surface area (Å²) in [6.45, 7) is 6.58. The number of oxazole rings is 1. The first kappa shape index (κ1) is 10.9. The van der Waals surface area contributed by atoms with Gasteiger partial charge in [0.1, 0.15) is 5.76 Å². The SMILES string of the molecule is C=CCCOCCNCc1cnco1. The van der Waals surface area contributed by atoms with Crippen LogP contribution in [-0.4, -0.2) is 24.7 Å². The van der Waals surface area contributed by atoms with Crippen molar-refractivity contribution in [3.63, 3.8) is 0 Å². The van der Waals surface area contributed by atoms with Gasteiger partial charge in [-0.25, -0.2) is 4.98 Å². The second-order valence-electron chi connectivity index (χ2n) is 2.83. The van der Waals surface area contributed by atoms with E-state index in [1.807, 2.05) is 6.08 Å². The average Bonchev–Trinajstić information content (AvgIpc) is 2.69. The van der Waals surface area contributed by atoms with Crippen LogP contribution < -0.4 is 5.32 Å². The summed E-state index contributed by atoms with van der Waals surface area (Å²) in [4.78, 5) is 3.81. The zero-order valence-electron chi connectivity index (χ0n) is 8.24. The molecule has 0 aromatic carbocycles. The lowest BCUT2D eigenvalue weighted by Crippen LogP contribution is -2.19. The van der Waals surface area contributed by atoms with Crippen LogP contribution in [0.15, 0.2) is 29.7 Å². The molecule has 0 saturated heterocycles. The molecule has 14 heavy (non-hydrogen) atoms. The molecule has 0 saturated carbocycles. The Bertz CT molecular complexity index is 234. The monoisotopic (exact) mass is 196 g/mol. The van der Waals surface area contributed by atoms with E-state index in [2.05, 4.69) is 16.9 Å². The van der Waals surface area contributed by atoms with Gasteiger partial charge in [-0.1, -0.05) is 6.08 Å². The lowest BCUT2D eigenvalue weighted by molar-refractivity contribution is 0.140. The van der Waals surface area contributed by atoms with E-state index in [-0.39, 0.29) is 0 Å². The van der Waals surface area contributed by atoms with Gasteiger partial charge in [-0.05, 0) is 6.42 Å². The summed E-state index contributed by atoms with van der Waals surface area (Å²) >= 11 is 0. The minimum absolute atomic E-state index is 0.699. The van der Waals surface area contributed by atoms with Gasteiger partial charge >= 0.3 is 0 Å². The first-order valence-corrected chi connectivity index (χ1v) is 4.70. The van der Waals surface area contributed by atoms with Crippen LogP contribution in [0.2, 0.25) is 0 Å². The number of rotatable bonds is 8. The van der Waals surface area contributed by atoms with Gasteiger partial charge < -0.3 is 14.5 Å². The van der Waals surface area contributed by atoms with Crippen molar-refractivity contribution in [1.82, 2.24) is 10.3 Å². The van der Waals surface area contributed by atoms with E-state index in [1.54, 1.807) is 6.20 Å². The number of hydrogen-bond acceptors (Lipinski definition) is 4. The zero-order chi connectivity index (χ0) is 10.1. The predicted molar refractivity (Wildman–Crippen MR) is 53.8 cm³/mol. The van der Waals surface area contributed by atoms with E-state index in [0.29, 0.717) is 13.2 Å². The van der Waals surface area contributed by atoms with Crippen LogP contribution in [0.3, 0.4) is 0 Å². The second-order valence-corrected chi connectivity index (χ2v) is 2.83. The highest BCUT2D eigenvalue weighted by Crippen LogP contribution is 1.94. The van der Waals surface area contributed by atoms with Crippen LogP contribution in [0.1, 0.15) is 12.2 Å². The van der Waals surface area contributed by atoms with Crippen LogP contribution in [-0.2, 0) is 11.3 Å². The van der Waals surface area contributed by atoms with E-state index in [9.17, 15) is 0 Å². The maximum atomic E-state index is 5.31. The normalized spacial score (nSPS) is 10.3. The van der Waals surface area contributed by atoms with Gasteiger partial charge in [0.15, 0.2) is 6.39 Å². The minimum Gasteiger partial charge on any atom is -0.447 e. The third-order valence-electron chi connectivity index (χ3n) is 1.67. The highest BCUT2D eigenvalue weighted by molar-refractivity contribution is 4.86. The van der Waals surface area contributed by atoms with E-state index in [0.717, 1.165) is 25.3 Å². The molecule has 0 spiro atoms. The third kappa shape index (κ3) is 4.79. The Morgan fingerprint density at radius 2 is 2.50 bits per heavy atom. The lowest BCUT2D eigenvalue weighted by atomic mass is 10.4. The predicted octanol–water partition coefficient (Wildman–Crippen LogP) is 1.36. The van der Waals surface area contributed by atoms with Gasteiger partial charge in [0.2, 0.25) is 0 Å². The second kappa shape index (κ2) is 7.29. The highest BCUT2D eigenvalue weighted by atomic mass is 16.5. The lowest BCUT2D eigenvalue weighted by Gasteiger charge is -2.03. The summed E-state index contributed by atoms with van der Waals surface area (Å²) in [5.41, 5.74) is 0. The van der Waals surface area contributed by atoms with Crippen LogP contribution in [0.5, 0.6) is 0 Å². The minimum atomic E-state index is 0.699. The first-order valence-electron chi connectivity index (χ1n) is 4.70. The number of nitrogens with one attached hydrogen (secondary N) is 1. The molecule has 0 fully saturated rings. The maximum absolute atomic E-state index is 5.31. The van der Waals surface area contributed by atoms with Crippen molar-refractivity contribution >= 4 is 0 Å². The van der Waals surface area contributed by atoms with Crippen molar-refractivity contribution in [1.29, 1.82) is 0 Å². The van der Waals surface area contributed by atoms with Crippen LogP contribution in [0.4, 0.5) is 0 Å². The average molecular weight is 196 g/mol. The van der Waals surface area contributed by atoms with Crippen molar-refractivity contribution in [2.24, 2.45) is 0 Å². The Balaban J connectivity index is 1.87. The Kier molecular flexibility index (Phi) is 5.70. The fraction of sp³-hybridized carbons (Fsp3) is 0.500. The summed E-state index contributed by atoms with van der Waals surface area (Å²) in [5, 5.41) is 3.18. The van der Waals surface area contributed by atoms with Crippen molar-refractivity contribution in [2.45, 2.75) is 13.0 Å². The number of hydrogen-bond donors (Lipinski definition) is 1. The van der Waals surface area contributed by atoms with Gasteiger partial charge in [-0.15, -0.1) is 6.58 Å². The zero-order valence-corrected chi connectivity index (χ0v) is 8.24. The summed E-state index contributed by atoms with van der Waals surface area (Å²) in [6.07, 6.45) is 5.88. The summed E-state index contributed by atoms with van der Waals surface area (Å²) in [7, 11) is 0. The molecule has 0 aliphatic heterocycles. The van der Waals surface area contributed by atoms with Gasteiger partial charge in [-0.3, -0.25) is 0 Å². The van der Waals surface area contributed by atoms with Crippen LogP contribution in [0.25, 0.3) is 0 Å². The molecule has 1 heterocycles. The van der Waals surface area contributed by atoms with Crippen molar-refractivity contribution in [3.8, 4) is 0 Å². The molecule has 1 aromatic heterocycles. The molecule has 1 rings (SSSR count). The number of nitrogens with zero attached hydrogens (tertiary/aromatic N) is 1. The van der Waals surface area contributed by atoms with Gasteiger partial charge in [-0.2, -0.15) is 0 Å². The molecule has 0 aliphatic rings. The molecule has 0 aliphatic carbocycles. The Morgan fingerprint density at radius 1 is 1.57 bits per heavy atom. The fourth-order valence-corrected chi connectivity index (χ4v) is 0.954. The van der Waals surface area contributed by atoms with Gasteiger partial charge in [0.05, 0.1) is 26.0 Å². The summed E-state index contributed by atoms with van der Waals surface area (Å²) in [6, 6.07) is 0. The third-order valence-corrected chi connectivity index (χ3v) is 1.67. The standard InChI is InChI=1S/C10H16N2O2/c1-2-3-5-13-6-4-11-7-10-8-12-9-14-10/h2,8-9,11H,1,3-7H2. The highest BCUT2D eigenvalue weighted by Gasteiger charge is 1.94. The molecule has 0 atom stereocenters. The van der Waals surface area contributed by atoms with Gasteiger partial charge in [0.25, 0.3) is 0 Å². The smallest absolute Gasteiger partial charge is 0.180 e. The molecule has 0 amide bonds. The molecule has 1 aromatic rings. The molecular weight excluding hydrogens is 180 g/mol. The quantitative estimate of drug-likeness (QED) is 0.503. The Labute approximate surface area is 84.0 Å². The van der Waals surface area contributed by atoms with E-state index >= 15 is 0 Å². The maximum Gasteiger partial charge on any atom is 0.180 e. The summed E-state index contributed by atoms with van der Waals surface area (Å²) < 4.78 is 10.4. The van der Waals surface area contributed by atoms with E-state index in [4.69, 9.17) is 9.15 Å². The van der Waals surface area contributed by atoms with Crippen molar-refractivity contribution in [3.05, 3.63) is 31.0 Å². The molecule has 1 N–H and O–H groups in total. The van der Waals surface area contributed by atoms with E-state index < -0.39 is 0 Å². The number of ether oxygens (including phenoxy) is 1.